The first kappa shape index (κ1) is 9.67. The molecule has 4 heteroatoms. The molecule has 0 aliphatic carbocycles. The lowest BCUT2D eigenvalue weighted by molar-refractivity contribution is -0.146. The van der Waals surface area contributed by atoms with Crippen LogP contribution in [0.5, 0.6) is 0 Å². The molecule has 1 rings (SSSR count). The van der Waals surface area contributed by atoms with Gasteiger partial charge in [0.25, 0.3) is 0 Å². The fraction of sp³-hybridized carbons (Fsp3) is 0.222. The maximum atomic E-state index is 12.1. The number of carbonyl (C=O) groups is 1. The van der Waals surface area contributed by atoms with Crippen LogP contribution in [-0.2, 0) is 11.5 Å². The molecule has 1 unspecified atom stereocenters. The minimum absolute atomic E-state index is 0.197. The molecule has 0 heterocycles. The van der Waals surface area contributed by atoms with Gasteiger partial charge in [0, 0.05) is 0 Å². The fourth-order valence-corrected chi connectivity index (χ4v) is 0.989. The Morgan fingerprint density at radius 3 is 2.77 bits per heavy atom. The summed E-state index contributed by atoms with van der Waals surface area (Å²) in [4.78, 5) is 10.4. The number of aliphatic hydroxyl groups is 1. The Labute approximate surface area is 74.4 Å². The van der Waals surface area contributed by atoms with Crippen LogP contribution >= 0.6 is 0 Å². The molecule has 0 amide bonds. The lowest BCUT2D eigenvalue weighted by Gasteiger charge is -2.05. The highest BCUT2D eigenvalue weighted by atomic mass is 19.1. The Kier molecular flexibility index (Phi) is 2.97. The average Bonchev–Trinajstić information content (AvgIpc) is 2.16. The van der Waals surface area contributed by atoms with Gasteiger partial charge in [-0.3, -0.25) is 0 Å². The number of benzene rings is 1. The second-order valence-electron chi connectivity index (χ2n) is 2.62. The molecular weight excluding hydrogens is 175 g/mol. The van der Waals surface area contributed by atoms with Crippen molar-refractivity contribution in [2.75, 3.05) is 0 Å². The van der Waals surface area contributed by atoms with Crippen LogP contribution < -0.4 is 0 Å². The molecule has 1 atom stereocenters. The average molecular weight is 184 g/mol. The standard InChI is InChI=1S/C9H9FO3/c10-5-6-2-1-3-7(4-6)8(11)9(12)13/h1-4,8,11H,5H2,(H,12,13). The van der Waals surface area contributed by atoms with Crippen LogP contribution in [0.3, 0.4) is 0 Å². The molecule has 3 nitrogen and oxygen atoms in total. The predicted octanol–water partition coefficient (Wildman–Crippen LogP) is 1.27. The smallest absolute Gasteiger partial charge is 0.337 e. The quantitative estimate of drug-likeness (QED) is 0.743. The highest BCUT2D eigenvalue weighted by Gasteiger charge is 2.15. The van der Waals surface area contributed by atoms with E-state index in [4.69, 9.17) is 10.2 Å². The van der Waals surface area contributed by atoms with Gasteiger partial charge in [0.15, 0.2) is 6.10 Å². The van der Waals surface area contributed by atoms with Gasteiger partial charge in [0.1, 0.15) is 6.67 Å². The molecule has 0 saturated heterocycles. The Morgan fingerprint density at radius 2 is 2.23 bits per heavy atom. The summed E-state index contributed by atoms with van der Waals surface area (Å²) in [6, 6.07) is 5.81. The summed E-state index contributed by atoms with van der Waals surface area (Å²) in [6.07, 6.45) is -1.58. The van der Waals surface area contributed by atoms with Crippen LogP contribution in [-0.4, -0.2) is 16.2 Å². The van der Waals surface area contributed by atoms with E-state index in [2.05, 4.69) is 0 Å². The number of alkyl halides is 1. The Morgan fingerprint density at radius 1 is 1.54 bits per heavy atom. The van der Waals surface area contributed by atoms with Crippen molar-refractivity contribution in [1.29, 1.82) is 0 Å². The van der Waals surface area contributed by atoms with Crippen molar-refractivity contribution in [3.63, 3.8) is 0 Å². The molecule has 0 saturated carbocycles. The Bertz CT molecular complexity index is 311. The minimum Gasteiger partial charge on any atom is -0.479 e. The maximum Gasteiger partial charge on any atom is 0.337 e. The topological polar surface area (TPSA) is 57.5 Å². The van der Waals surface area contributed by atoms with Crippen molar-refractivity contribution in [2.45, 2.75) is 12.8 Å². The van der Waals surface area contributed by atoms with E-state index in [9.17, 15) is 9.18 Å². The van der Waals surface area contributed by atoms with E-state index in [0.29, 0.717) is 5.56 Å². The van der Waals surface area contributed by atoms with Crippen molar-refractivity contribution in [3.05, 3.63) is 35.4 Å². The van der Waals surface area contributed by atoms with Crippen molar-refractivity contribution < 1.29 is 19.4 Å². The molecule has 0 radical (unpaired) electrons. The third-order valence-electron chi connectivity index (χ3n) is 1.65. The number of carboxylic acid groups (broad SMARTS) is 1. The predicted molar refractivity (Wildman–Crippen MR) is 43.8 cm³/mol. The summed E-state index contributed by atoms with van der Waals surface area (Å²) in [5.74, 6) is -1.34. The molecule has 0 bridgehead atoms. The zero-order chi connectivity index (χ0) is 9.84. The van der Waals surface area contributed by atoms with Crippen molar-refractivity contribution >= 4 is 5.97 Å². The monoisotopic (exact) mass is 184 g/mol. The Hall–Kier alpha value is -1.42. The third-order valence-corrected chi connectivity index (χ3v) is 1.65. The lowest BCUT2D eigenvalue weighted by Crippen LogP contribution is -2.10. The lowest BCUT2D eigenvalue weighted by atomic mass is 10.1. The molecule has 70 valence electrons. The number of halogens is 1. The Balaban J connectivity index is 2.94. The molecule has 1 aromatic rings. The van der Waals surface area contributed by atoms with Gasteiger partial charge in [-0.2, -0.15) is 0 Å². The molecule has 0 aromatic heterocycles. The largest absolute Gasteiger partial charge is 0.479 e. The van der Waals surface area contributed by atoms with Gasteiger partial charge in [-0.05, 0) is 17.2 Å². The van der Waals surface area contributed by atoms with Gasteiger partial charge in [0.05, 0.1) is 0 Å². The maximum absolute atomic E-state index is 12.1. The zero-order valence-electron chi connectivity index (χ0n) is 6.77. The van der Waals surface area contributed by atoms with Crippen LogP contribution in [0.1, 0.15) is 17.2 Å². The second kappa shape index (κ2) is 4.00. The first-order chi connectivity index (χ1) is 6.15. The van der Waals surface area contributed by atoms with Crippen LogP contribution in [0.2, 0.25) is 0 Å². The highest BCUT2D eigenvalue weighted by molar-refractivity contribution is 5.74. The van der Waals surface area contributed by atoms with E-state index in [0.717, 1.165) is 0 Å². The number of hydrogen-bond acceptors (Lipinski definition) is 2. The normalized spacial score (nSPS) is 12.5. The van der Waals surface area contributed by atoms with Crippen molar-refractivity contribution in [1.82, 2.24) is 0 Å². The zero-order valence-corrected chi connectivity index (χ0v) is 6.77. The molecule has 0 aliphatic heterocycles. The van der Waals surface area contributed by atoms with Crippen molar-refractivity contribution in [2.24, 2.45) is 0 Å². The fourth-order valence-electron chi connectivity index (χ4n) is 0.989. The number of aliphatic carboxylic acids is 1. The van der Waals surface area contributed by atoms with Gasteiger partial charge in [-0.1, -0.05) is 18.2 Å². The van der Waals surface area contributed by atoms with Crippen molar-refractivity contribution in [3.8, 4) is 0 Å². The number of carboxylic acids is 1. The summed E-state index contributed by atoms with van der Waals surface area (Å²) < 4.78 is 12.1. The first-order valence-corrected chi connectivity index (χ1v) is 3.71. The molecule has 0 spiro atoms. The molecule has 0 fully saturated rings. The van der Waals surface area contributed by atoms with E-state index in [-0.39, 0.29) is 5.56 Å². The van der Waals surface area contributed by atoms with Gasteiger partial charge in [-0.25, -0.2) is 9.18 Å². The van der Waals surface area contributed by atoms with E-state index in [1.807, 2.05) is 0 Å². The molecular formula is C9H9FO3. The van der Waals surface area contributed by atoms with Crippen LogP contribution in [0.15, 0.2) is 24.3 Å². The molecule has 13 heavy (non-hydrogen) atoms. The summed E-state index contributed by atoms with van der Waals surface area (Å²) in [5, 5.41) is 17.6. The summed E-state index contributed by atoms with van der Waals surface area (Å²) in [6.45, 7) is -0.666. The van der Waals surface area contributed by atoms with Crippen LogP contribution in [0.25, 0.3) is 0 Å². The molecule has 1 aromatic carbocycles. The number of aliphatic hydroxyl groups excluding tert-OH is 1. The molecule has 2 N–H and O–H groups in total. The summed E-state index contributed by atoms with van der Waals surface area (Å²) >= 11 is 0. The minimum atomic E-state index is -1.58. The number of hydrogen-bond donors (Lipinski definition) is 2. The van der Waals surface area contributed by atoms with Gasteiger partial charge >= 0.3 is 5.97 Å². The third kappa shape index (κ3) is 2.26. The molecule has 0 aliphatic rings. The SMILES string of the molecule is O=C(O)C(O)c1cccc(CF)c1. The first-order valence-electron chi connectivity index (χ1n) is 3.71. The van der Waals surface area contributed by atoms with Crippen LogP contribution in [0.4, 0.5) is 4.39 Å². The van der Waals surface area contributed by atoms with Crippen LogP contribution in [0, 0.1) is 0 Å². The second-order valence-corrected chi connectivity index (χ2v) is 2.62. The van der Waals surface area contributed by atoms with E-state index in [1.165, 1.54) is 24.3 Å². The van der Waals surface area contributed by atoms with Gasteiger partial charge in [0.2, 0.25) is 0 Å². The van der Waals surface area contributed by atoms with Gasteiger partial charge in [-0.15, -0.1) is 0 Å². The highest BCUT2D eigenvalue weighted by Crippen LogP contribution is 2.15. The number of rotatable bonds is 3. The summed E-state index contributed by atoms with van der Waals surface area (Å²) in [5.41, 5.74) is 0.556. The van der Waals surface area contributed by atoms with E-state index >= 15 is 0 Å². The van der Waals surface area contributed by atoms with Gasteiger partial charge < -0.3 is 10.2 Å². The van der Waals surface area contributed by atoms with E-state index < -0.39 is 18.7 Å². The summed E-state index contributed by atoms with van der Waals surface area (Å²) in [7, 11) is 0. The van der Waals surface area contributed by atoms with E-state index in [1.54, 1.807) is 0 Å².